The maximum atomic E-state index is 14.5. The fourth-order valence-corrected chi connectivity index (χ4v) is 5.32. The molecule has 4 aromatic heterocycles. The van der Waals surface area contributed by atoms with E-state index in [4.69, 9.17) is 0 Å². The lowest BCUT2D eigenvalue weighted by Crippen LogP contribution is -2.23. The average Bonchev–Trinajstić information content (AvgIpc) is 3.65. The van der Waals surface area contributed by atoms with Crippen molar-refractivity contribution in [2.45, 2.75) is 18.9 Å². The van der Waals surface area contributed by atoms with Gasteiger partial charge in [-0.25, -0.2) is 18.3 Å². The van der Waals surface area contributed by atoms with Crippen LogP contribution in [-0.4, -0.2) is 32.0 Å². The Bertz CT molecular complexity index is 1570. The molecule has 5 heterocycles. The van der Waals surface area contributed by atoms with E-state index in [0.29, 0.717) is 40.4 Å². The summed E-state index contributed by atoms with van der Waals surface area (Å²) in [6.45, 7) is 0.696. The minimum absolute atomic E-state index is 0.288. The van der Waals surface area contributed by atoms with E-state index in [0.717, 1.165) is 23.9 Å². The molecule has 1 N–H and O–H groups in total. The molecule has 1 aliphatic heterocycles. The molecule has 1 unspecified atom stereocenters. The summed E-state index contributed by atoms with van der Waals surface area (Å²) in [6, 6.07) is 12.6. The summed E-state index contributed by atoms with van der Waals surface area (Å²) in [5.41, 5.74) is 3.56. The molecule has 5 aromatic rings. The predicted octanol–water partition coefficient (Wildman–Crippen LogP) is 5.72. The van der Waals surface area contributed by atoms with Crippen LogP contribution in [0.15, 0.2) is 72.5 Å². The van der Waals surface area contributed by atoms with Gasteiger partial charge in [0.2, 0.25) is 0 Å². The molecular weight excluding hydrogens is 482 g/mol. The molecule has 1 aliphatic rings. The predicted molar refractivity (Wildman–Crippen MR) is 134 cm³/mol. The summed E-state index contributed by atoms with van der Waals surface area (Å²) < 4.78 is 30.0. The molecule has 1 atom stereocenters. The van der Waals surface area contributed by atoms with E-state index in [2.05, 4.69) is 20.4 Å². The number of fused-ring (bicyclic) bond motifs is 1. The first kappa shape index (κ1) is 22.3. The number of hydrogen-bond donors (Lipinski definition) is 1. The van der Waals surface area contributed by atoms with E-state index in [1.807, 2.05) is 40.6 Å². The van der Waals surface area contributed by atoms with E-state index < -0.39 is 11.6 Å². The van der Waals surface area contributed by atoms with Crippen molar-refractivity contribution < 1.29 is 13.6 Å². The number of aromatic nitrogens is 4. The smallest absolute Gasteiger partial charge is 0.261 e. The van der Waals surface area contributed by atoms with Crippen LogP contribution in [-0.2, 0) is 0 Å². The highest BCUT2D eigenvalue weighted by atomic mass is 32.1. The van der Waals surface area contributed by atoms with Gasteiger partial charge in [-0.15, -0.1) is 11.3 Å². The zero-order valence-electron chi connectivity index (χ0n) is 18.9. The molecule has 1 fully saturated rings. The monoisotopic (exact) mass is 502 g/mol. The van der Waals surface area contributed by atoms with Crippen LogP contribution < -0.4 is 10.2 Å². The van der Waals surface area contributed by atoms with E-state index in [9.17, 15) is 13.6 Å². The van der Waals surface area contributed by atoms with Gasteiger partial charge in [-0.2, -0.15) is 5.10 Å². The maximum absolute atomic E-state index is 14.5. The summed E-state index contributed by atoms with van der Waals surface area (Å²) in [7, 11) is 0. The Labute approximate surface area is 209 Å². The Hall–Kier alpha value is -4.18. The number of pyridine rings is 2. The number of nitrogens with zero attached hydrogens (tertiary/aromatic N) is 5. The zero-order chi connectivity index (χ0) is 24.6. The average molecular weight is 503 g/mol. The summed E-state index contributed by atoms with van der Waals surface area (Å²) in [4.78, 5) is 23.9. The first-order valence-corrected chi connectivity index (χ1v) is 12.3. The Morgan fingerprint density at radius 2 is 2.03 bits per heavy atom. The normalized spacial score (nSPS) is 15.5. The highest BCUT2D eigenvalue weighted by Gasteiger charge is 2.29. The number of rotatable bonds is 5. The Balaban J connectivity index is 1.28. The van der Waals surface area contributed by atoms with E-state index >= 15 is 0 Å². The van der Waals surface area contributed by atoms with Crippen LogP contribution in [0.2, 0.25) is 0 Å². The first-order chi connectivity index (χ1) is 17.6. The first-order valence-electron chi connectivity index (χ1n) is 11.4. The Morgan fingerprint density at radius 1 is 1.11 bits per heavy atom. The summed E-state index contributed by atoms with van der Waals surface area (Å²) in [5, 5.41) is 9.45. The summed E-state index contributed by atoms with van der Waals surface area (Å²) >= 11 is 1.31. The molecule has 0 aliphatic carbocycles. The molecule has 0 saturated carbocycles. The van der Waals surface area contributed by atoms with Gasteiger partial charge in [0.15, 0.2) is 5.13 Å². The van der Waals surface area contributed by atoms with Gasteiger partial charge in [-0.3, -0.25) is 15.1 Å². The van der Waals surface area contributed by atoms with Gasteiger partial charge in [-0.05, 0) is 55.3 Å². The lowest BCUT2D eigenvalue weighted by atomic mass is 10.0. The van der Waals surface area contributed by atoms with Crippen molar-refractivity contribution in [3.05, 3.63) is 95.3 Å². The quantitative estimate of drug-likeness (QED) is 0.333. The Morgan fingerprint density at radius 3 is 2.89 bits per heavy atom. The van der Waals surface area contributed by atoms with Crippen LogP contribution in [0.4, 0.5) is 19.6 Å². The standard InChI is InChI=1S/C26H20F2N6OS/c27-16-6-7-20(28)18(12-16)23-5-3-10-33(23)17-8-11-34-24(13-17)19(14-30-34)25(35)32-26-31-22(15-36-26)21-4-1-2-9-29-21/h1-2,4,6-9,11-15,23H,3,5,10H2,(H,31,32,35). The molecule has 6 rings (SSSR count). The van der Waals surface area contributed by atoms with Gasteiger partial charge in [0.1, 0.15) is 17.3 Å². The Kier molecular flexibility index (Phi) is 5.65. The van der Waals surface area contributed by atoms with Crippen molar-refractivity contribution in [2.75, 3.05) is 16.8 Å². The third kappa shape index (κ3) is 4.09. The van der Waals surface area contributed by atoms with Crippen LogP contribution in [0.25, 0.3) is 16.9 Å². The third-order valence-corrected chi connectivity index (χ3v) is 7.06. The van der Waals surface area contributed by atoms with Gasteiger partial charge in [0.05, 0.1) is 29.0 Å². The van der Waals surface area contributed by atoms with Crippen molar-refractivity contribution in [2.24, 2.45) is 0 Å². The number of nitrogens with one attached hydrogen (secondary N) is 1. The van der Waals surface area contributed by atoms with E-state index in [-0.39, 0.29) is 11.9 Å². The molecule has 0 spiro atoms. The molecule has 0 bridgehead atoms. The summed E-state index contributed by atoms with van der Waals surface area (Å²) in [5.74, 6) is -1.22. The van der Waals surface area contributed by atoms with E-state index in [1.54, 1.807) is 16.9 Å². The second kappa shape index (κ2) is 9.12. The molecule has 10 heteroatoms. The largest absolute Gasteiger partial charge is 0.364 e. The van der Waals surface area contributed by atoms with Crippen molar-refractivity contribution >= 4 is 33.6 Å². The third-order valence-electron chi connectivity index (χ3n) is 6.30. The minimum Gasteiger partial charge on any atom is -0.364 e. The fourth-order valence-electron chi connectivity index (χ4n) is 4.62. The lowest BCUT2D eigenvalue weighted by molar-refractivity contribution is 0.102. The fraction of sp³-hybridized carbons (Fsp3) is 0.154. The van der Waals surface area contributed by atoms with Crippen molar-refractivity contribution in [3.63, 3.8) is 0 Å². The number of amides is 1. The van der Waals surface area contributed by atoms with Gasteiger partial charge in [0.25, 0.3) is 5.91 Å². The maximum Gasteiger partial charge on any atom is 0.261 e. The van der Waals surface area contributed by atoms with Crippen molar-refractivity contribution in [1.82, 2.24) is 19.6 Å². The number of benzene rings is 1. The number of anilines is 2. The van der Waals surface area contributed by atoms with Gasteiger partial charge < -0.3 is 4.90 Å². The van der Waals surface area contributed by atoms with Crippen LogP contribution in [0.5, 0.6) is 0 Å². The number of carbonyl (C=O) groups excluding carboxylic acids is 1. The van der Waals surface area contributed by atoms with Crippen LogP contribution >= 0.6 is 11.3 Å². The van der Waals surface area contributed by atoms with Gasteiger partial charge in [-0.1, -0.05) is 6.07 Å². The molecule has 7 nitrogen and oxygen atoms in total. The zero-order valence-corrected chi connectivity index (χ0v) is 19.8. The molecular formula is C26H20F2N6OS. The summed E-state index contributed by atoms with van der Waals surface area (Å²) in [6.07, 6.45) is 6.52. The van der Waals surface area contributed by atoms with Gasteiger partial charge >= 0.3 is 0 Å². The highest BCUT2D eigenvalue weighted by molar-refractivity contribution is 7.14. The minimum atomic E-state index is -0.461. The molecule has 1 amide bonds. The number of thiazole rings is 1. The SMILES string of the molecule is O=C(Nc1nc(-c2ccccn2)cs1)c1cnn2ccc(N3CCCC3c3cc(F)ccc3F)cc12. The number of carbonyl (C=O) groups is 1. The van der Waals surface area contributed by atoms with Crippen molar-refractivity contribution in [3.8, 4) is 11.4 Å². The molecule has 0 radical (unpaired) electrons. The highest BCUT2D eigenvalue weighted by Crippen LogP contribution is 2.38. The molecule has 1 saturated heterocycles. The second-order valence-electron chi connectivity index (χ2n) is 8.50. The molecule has 36 heavy (non-hydrogen) atoms. The van der Waals surface area contributed by atoms with Crippen LogP contribution in [0.3, 0.4) is 0 Å². The van der Waals surface area contributed by atoms with Crippen molar-refractivity contribution in [1.29, 1.82) is 0 Å². The second-order valence-corrected chi connectivity index (χ2v) is 9.36. The lowest BCUT2D eigenvalue weighted by Gasteiger charge is -2.27. The molecule has 180 valence electrons. The number of hydrogen-bond acceptors (Lipinski definition) is 6. The molecule has 1 aromatic carbocycles. The topological polar surface area (TPSA) is 75.4 Å². The van der Waals surface area contributed by atoms with Gasteiger partial charge in [0, 0.05) is 35.6 Å². The van der Waals surface area contributed by atoms with Crippen LogP contribution in [0.1, 0.15) is 34.8 Å². The number of halogens is 2. The van der Waals surface area contributed by atoms with Crippen LogP contribution in [0, 0.1) is 11.6 Å². The van der Waals surface area contributed by atoms with E-state index in [1.165, 1.54) is 29.7 Å².